The first kappa shape index (κ1) is 12.0. The van der Waals surface area contributed by atoms with E-state index in [0.717, 1.165) is 6.54 Å². The Labute approximate surface area is 88.2 Å². The van der Waals surface area contributed by atoms with Gasteiger partial charge in [-0.3, -0.25) is 0 Å². The molecule has 1 fully saturated rings. The van der Waals surface area contributed by atoms with Crippen LogP contribution in [0.2, 0.25) is 0 Å². The molecule has 0 bridgehead atoms. The lowest BCUT2D eigenvalue weighted by Gasteiger charge is -2.34. The third-order valence-electron chi connectivity index (χ3n) is 3.14. The van der Waals surface area contributed by atoms with Crippen molar-refractivity contribution in [2.45, 2.75) is 19.8 Å². The first-order valence-electron chi connectivity index (χ1n) is 5.87. The highest BCUT2D eigenvalue weighted by Gasteiger charge is 2.16. The summed E-state index contributed by atoms with van der Waals surface area (Å²) in [6.45, 7) is 9.16. The minimum Gasteiger partial charge on any atom is -0.330 e. The van der Waals surface area contributed by atoms with E-state index in [1.54, 1.807) is 0 Å². The van der Waals surface area contributed by atoms with Gasteiger partial charge in [0.2, 0.25) is 0 Å². The van der Waals surface area contributed by atoms with Crippen LogP contribution in [0.25, 0.3) is 0 Å². The van der Waals surface area contributed by atoms with Crippen LogP contribution in [0.4, 0.5) is 0 Å². The molecule has 3 nitrogen and oxygen atoms in total. The number of hydrogen-bond donors (Lipinski definition) is 1. The van der Waals surface area contributed by atoms with Crippen LogP contribution in [-0.4, -0.2) is 56.1 Å². The van der Waals surface area contributed by atoms with Crippen molar-refractivity contribution >= 4 is 0 Å². The van der Waals surface area contributed by atoms with Gasteiger partial charge in [0.05, 0.1) is 0 Å². The van der Waals surface area contributed by atoms with Crippen LogP contribution in [0, 0.1) is 5.92 Å². The van der Waals surface area contributed by atoms with E-state index in [0.29, 0.717) is 5.92 Å². The molecule has 0 aromatic rings. The van der Waals surface area contributed by atoms with Crippen molar-refractivity contribution in [3.8, 4) is 0 Å². The Morgan fingerprint density at radius 1 is 1.21 bits per heavy atom. The van der Waals surface area contributed by atoms with E-state index in [9.17, 15) is 0 Å². The minimum absolute atomic E-state index is 0.711. The molecular formula is C11H25N3. The molecule has 3 heteroatoms. The van der Waals surface area contributed by atoms with E-state index in [1.165, 1.54) is 45.6 Å². The van der Waals surface area contributed by atoms with Gasteiger partial charge in [-0.25, -0.2) is 0 Å². The summed E-state index contributed by atoms with van der Waals surface area (Å²) in [4.78, 5) is 4.96. The zero-order chi connectivity index (χ0) is 10.4. The highest BCUT2D eigenvalue weighted by molar-refractivity contribution is 4.72. The van der Waals surface area contributed by atoms with Crippen LogP contribution < -0.4 is 5.73 Å². The number of likely N-dealkylation sites (N-methyl/N-ethyl adjacent to an activating group) is 1. The molecule has 1 aliphatic rings. The van der Waals surface area contributed by atoms with Gasteiger partial charge in [0, 0.05) is 32.7 Å². The van der Waals surface area contributed by atoms with E-state index in [4.69, 9.17) is 5.73 Å². The summed E-state index contributed by atoms with van der Waals surface area (Å²) in [6.07, 6.45) is 2.54. The number of piperazine rings is 1. The van der Waals surface area contributed by atoms with Gasteiger partial charge in [-0.1, -0.05) is 13.3 Å². The Morgan fingerprint density at radius 2 is 1.86 bits per heavy atom. The van der Waals surface area contributed by atoms with Crippen LogP contribution in [0.15, 0.2) is 0 Å². The summed E-state index contributed by atoms with van der Waals surface area (Å²) in [5, 5.41) is 0. The fraction of sp³-hybridized carbons (Fsp3) is 1.00. The molecular weight excluding hydrogens is 174 g/mol. The Hall–Kier alpha value is -0.120. The predicted molar refractivity (Wildman–Crippen MR) is 61.4 cm³/mol. The zero-order valence-corrected chi connectivity index (χ0v) is 9.71. The van der Waals surface area contributed by atoms with Crippen LogP contribution >= 0.6 is 0 Å². The molecule has 1 saturated heterocycles. The maximum Gasteiger partial charge on any atom is 0.0110 e. The van der Waals surface area contributed by atoms with Crippen molar-refractivity contribution < 1.29 is 0 Å². The Morgan fingerprint density at radius 3 is 2.36 bits per heavy atom. The molecule has 1 unspecified atom stereocenters. The van der Waals surface area contributed by atoms with Gasteiger partial charge >= 0.3 is 0 Å². The zero-order valence-electron chi connectivity index (χ0n) is 9.71. The standard InChI is InChI=1S/C11H25N3/c1-3-4-11(9-12)10-14-7-5-13(2)6-8-14/h11H,3-10,12H2,1-2H3. The summed E-state index contributed by atoms with van der Waals surface area (Å²) < 4.78 is 0. The molecule has 14 heavy (non-hydrogen) atoms. The molecule has 1 atom stereocenters. The maximum atomic E-state index is 5.77. The highest BCUT2D eigenvalue weighted by atomic mass is 15.2. The van der Waals surface area contributed by atoms with Crippen molar-refractivity contribution in [1.82, 2.24) is 9.80 Å². The molecule has 0 aromatic carbocycles. The molecule has 0 spiro atoms. The third kappa shape index (κ3) is 3.95. The normalized spacial score (nSPS) is 22.5. The van der Waals surface area contributed by atoms with Gasteiger partial charge in [-0.2, -0.15) is 0 Å². The topological polar surface area (TPSA) is 32.5 Å². The van der Waals surface area contributed by atoms with Crippen molar-refractivity contribution in [2.75, 3.05) is 46.3 Å². The fourth-order valence-electron chi connectivity index (χ4n) is 2.09. The molecule has 1 rings (SSSR count). The molecule has 1 aliphatic heterocycles. The van der Waals surface area contributed by atoms with Crippen LogP contribution in [0.3, 0.4) is 0 Å². The minimum atomic E-state index is 0.711. The summed E-state index contributed by atoms with van der Waals surface area (Å²) in [6, 6.07) is 0. The molecule has 0 aliphatic carbocycles. The SMILES string of the molecule is CCCC(CN)CN1CCN(C)CC1. The third-order valence-corrected chi connectivity index (χ3v) is 3.14. The van der Waals surface area contributed by atoms with Crippen LogP contribution in [0.5, 0.6) is 0 Å². The summed E-state index contributed by atoms with van der Waals surface area (Å²) in [5.41, 5.74) is 5.77. The monoisotopic (exact) mass is 199 g/mol. The number of nitrogens with zero attached hydrogens (tertiary/aromatic N) is 2. The smallest absolute Gasteiger partial charge is 0.0110 e. The summed E-state index contributed by atoms with van der Waals surface area (Å²) >= 11 is 0. The molecule has 0 amide bonds. The second kappa shape index (κ2) is 6.38. The lowest BCUT2D eigenvalue weighted by Crippen LogP contribution is -2.46. The average Bonchev–Trinajstić information content (AvgIpc) is 2.20. The van der Waals surface area contributed by atoms with Gasteiger partial charge < -0.3 is 15.5 Å². The predicted octanol–water partition coefficient (Wildman–Crippen LogP) is 0.609. The first-order valence-corrected chi connectivity index (χ1v) is 5.87. The summed E-state index contributed by atoms with van der Waals surface area (Å²) in [5.74, 6) is 0.711. The van der Waals surface area contributed by atoms with Crippen molar-refractivity contribution in [3.05, 3.63) is 0 Å². The van der Waals surface area contributed by atoms with Gasteiger partial charge in [0.15, 0.2) is 0 Å². The fourth-order valence-corrected chi connectivity index (χ4v) is 2.09. The number of rotatable bonds is 5. The van der Waals surface area contributed by atoms with E-state index in [1.807, 2.05) is 0 Å². The maximum absolute atomic E-state index is 5.77. The second-order valence-electron chi connectivity index (χ2n) is 4.49. The molecule has 1 heterocycles. The van der Waals surface area contributed by atoms with Gasteiger partial charge in [-0.05, 0) is 25.9 Å². The Bertz CT molecular complexity index is 141. The Kier molecular flexibility index (Phi) is 5.45. The average molecular weight is 199 g/mol. The van der Waals surface area contributed by atoms with Crippen LogP contribution in [-0.2, 0) is 0 Å². The van der Waals surface area contributed by atoms with Crippen LogP contribution in [0.1, 0.15) is 19.8 Å². The van der Waals surface area contributed by atoms with E-state index in [-0.39, 0.29) is 0 Å². The molecule has 84 valence electrons. The van der Waals surface area contributed by atoms with Gasteiger partial charge in [0.1, 0.15) is 0 Å². The highest BCUT2D eigenvalue weighted by Crippen LogP contribution is 2.09. The largest absolute Gasteiger partial charge is 0.330 e. The second-order valence-corrected chi connectivity index (χ2v) is 4.49. The number of hydrogen-bond acceptors (Lipinski definition) is 3. The lowest BCUT2D eigenvalue weighted by molar-refractivity contribution is 0.135. The van der Waals surface area contributed by atoms with Gasteiger partial charge in [0.25, 0.3) is 0 Å². The molecule has 2 N–H and O–H groups in total. The van der Waals surface area contributed by atoms with Crippen molar-refractivity contribution in [3.63, 3.8) is 0 Å². The molecule has 0 saturated carbocycles. The lowest BCUT2D eigenvalue weighted by atomic mass is 10.0. The van der Waals surface area contributed by atoms with E-state index >= 15 is 0 Å². The van der Waals surface area contributed by atoms with Crippen molar-refractivity contribution in [2.24, 2.45) is 11.7 Å². The summed E-state index contributed by atoms with van der Waals surface area (Å²) in [7, 11) is 2.20. The molecule has 0 radical (unpaired) electrons. The number of nitrogens with two attached hydrogens (primary N) is 1. The van der Waals surface area contributed by atoms with E-state index in [2.05, 4.69) is 23.8 Å². The van der Waals surface area contributed by atoms with Crippen molar-refractivity contribution in [1.29, 1.82) is 0 Å². The van der Waals surface area contributed by atoms with E-state index < -0.39 is 0 Å². The first-order chi connectivity index (χ1) is 6.76. The molecule has 0 aromatic heterocycles. The Balaban J connectivity index is 2.21. The van der Waals surface area contributed by atoms with Gasteiger partial charge in [-0.15, -0.1) is 0 Å². The quantitative estimate of drug-likeness (QED) is 0.704.